The monoisotopic (exact) mass is 328 g/mol. The summed E-state index contributed by atoms with van der Waals surface area (Å²) in [5.41, 5.74) is -0.422. The molecule has 1 N–H and O–H groups in total. The maximum atomic E-state index is 12.0. The van der Waals surface area contributed by atoms with Gasteiger partial charge in [0, 0.05) is 19.7 Å². The van der Waals surface area contributed by atoms with Crippen LogP contribution in [-0.4, -0.2) is 55.5 Å². The molecule has 5 heteroatoms. The van der Waals surface area contributed by atoms with Gasteiger partial charge in [0.25, 0.3) is 0 Å². The Morgan fingerprint density at radius 2 is 1.78 bits per heavy atom. The second kappa shape index (κ2) is 10.9. The summed E-state index contributed by atoms with van der Waals surface area (Å²) in [6.07, 6.45) is 6.79. The molecule has 0 spiro atoms. The molecule has 136 valence electrons. The Bertz CT molecular complexity index is 321. The van der Waals surface area contributed by atoms with Crippen LogP contribution in [0.5, 0.6) is 0 Å². The molecular formula is C18H36N2O3. The molecule has 0 atom stereocenters. The van der Waals surface area contributed by atoms with E-state index in [4.69, 9.17) is 9.47 Å². The highest BCUT2D eigenvalue weighted by Gasteiger charge is 2.26. The third-order valence-electron chi connectivity index (χ3n) is 3.90. The Kier molecular flexibility index (Phi) is 9.56. The third-order valence-corrected chi connectivity index (χ3v) is 3.90. The van der Waals surface area contributed by atoms with Crippen molar-refractivity contribution >= 4 is 6.09 Å². The van der Waals surface area contributed by atoms with E-state index in [0.29, 0.717) is 0 Å². The van der Waals surface area contributed by atoms with Gasteiger partial charge in [0.2, 0.25) is 0 Å². The lowest BCUT2D eigenvalue weighted by molar-refractivity contribution is -0.0117. The lowest BCUT2D eigenvalue weighted by atomic mass is 10.1. The molecule has 1 aliphatic rings. The Morgan fingerprint density at radius 1 is 1.13 bits per heavy atom. The van der Waals surface area contributed by atoms with E-state index in [1.54, 1.807) is 4.90 Å². The molecule has 1 saturated heterocycles. The van der Waals surface area contributed by atoms with E-state index < -0.39 is 5.60 Å². The number of piperidine rings is 1. The topological polar surface area (TPSA) is 50.8 Å². The largest absolute Gasteiger partial charge is 0.444 e. The summed E-state index contributed by atoms with van der Waals surface area (Å²) < 4.78 is 11.3. The van der Waals surface area contributed by atoms with Crippen LogP contribution in [0.2, 0.25) is 0 Å². The number of nitrogens with zero attached hydrogens (tertiary/aromatic N) is 1. The van der Waals surface area contributed by atoms with Crippen molar-refractivity contribution < 1.29 is 14.3 Å². The summed E-state index contributed by atoms with van der Waals surface area (Å²) in [5.74, 6) is 0. The highest BCUT2D eigenvalue weighted by Crippen LogP contribution is 2.17. The summed E-state index contributed by atoms with van der Waals surface area (Å²) in [4.78, 5) is 13.8. The molecular weight excluding hydrogens is 292 g/mol. The molecule has 0 aromatic rings. The van der Waals surface area contributed by atoms with Gasteiger partial charge in [-0.05, 0) is 59.5 Å². The van der Waals surface area contributed by atoms with Gasteiger partial charge in [-0.2, -0.15) is 0 Å². The van der Waals surface area contributed by atoms with E-state index in [2.05, 4.69) is 12.2 Å². The Balaban J connectivity index is 2.03. The standard InChI is InChI=1S/C18H36N2O3/c1-5-6-7-11-19-12-8-15-22-16-9-13-20(14-10-16)17(21)23-18(2,3)4/h16,19H,5-15H2,1-4H3. The molecule has 0 aromatic heterocycles. The van der Waals surface area contributed by atoms with Crippen LogP contribution >= 0.6 is 0 Å². The second-order valence-electron chi connectivity index (χ2n) is 7.35. The number of ether oxygens (including phenoxy) is 2. The summed E-state index contributed by atoms with van der Waals surface area (Å²) in [5, 5.41) is 3.45. The molecule has 0 aliphatic carbocycles. The van der Waals surface area contributed by atoms with Crippen molar-refractivity contribution in [2.45, 2.75) is 77.9 Å². The fraction of sp³-hybridized carbons (Fsp3) is 0.944. The van der Waals surface area contributed by atoms with E-state index in [1.807, 2.05) is 20.8 Å². The van der Waals surface area contributed by atoms with Gasteiger partial charge in [0.15, 0.2) is 0 Å². The third kappa shape index (κ3) is 9.82. The van der Waals surface area contributed by atoms with Crippen molar-refractivity contribution in [1.29, 1.82) is 0 Å². The number of amides is 1. The van der Waals surface area contributed by atoms with Crippen molar-refractivity contribution in [2.24, 2.45) is 0 Å². The summed E-state index contributed by atoms with van der Waals surface area (Å²) in [6.45, 7) is 12.3. The zero-order valence-electron chi connectivity index (χ0n) is 15.5. The predicted octanol–water partition coefficient (Wildman–Crippen LogP) is 3.57. The molecule has 0 radical (unpaired) electrons. The molecule has 0 aromatic carbocycles. The van der Waals surface area contributed by atoms with Gasteiger partial charge < -0.3 is 19.7 Å². The van der Waals surface area contributed by atoms with E-state index in [-0.39, 0.29) is 12.2 Å². The first-order valence-electron chi connectivity index (χ1n) is 9.22. The van der Waals surface area contributed by atoms with Crippen molar-refractivity contribution in [3.63, 3.8) is 0 Å². The molecule has 1 aliphatic heterocycles. The molecule has 1 rings (SSSR count). The van der Waals surface area contributed by atoms with E-state index in [9.17, 15) is 4.79 Å². The number of unbranched alkanes of at least 4 members (excludes halogenated alkanes) is 2. The molecule has 5 nitrogen and oxygen atoms in total. The predicted molar refractivity (Wildman–Crippen MR) is 93.8 cm³/mol. The quantitative estimate of drug-likeness (QED) is 0.657. The normalized spacial score (nSPS) is 16.6. The Labute approximate surface area is 142 Å². The number of rotatable bonds is 9. The number of hydrogen-bond acceptors (Lipinski definition) is 4. The SMILES string of the molecule is CCCCCNCCCOC1CCN(C(=O)OC(C)(C)C)CC1. The first-order valence-corrected chi connectivity index (χ1v) is 9.22. The number of carbonyl (C=O) groups is 1. The Hall–Kier alpha value is -0.810. The van der Waals surface area contributed by atoms with Crippen LogP contribution in [0.3, 0.4) is 0 Å². The number of nitrogens with one attached hydrogen (secondary N) is 1. The van der Waals surface area contributed by atoms with Gasteiger partial charge in [0.1, 0.15) is 5.60 Å². The van der Waals surface area contributed by atoms with Gasteiger partial charge in [0.05, 0.1) is 6.10 Å². The van der Waals surface area contributed by atoms with Gasteiger partial charge in [-0.1, -0.05) is 19.8 Å². The second-order valence-corrected chi connectivity index (χ2v) is 7.35. The first kappa shape index (κ1) is 20.2. The van der Waals surface area contributed by atoms with Crippen LogP contribution in [0.25, 0.3) is 0 Å². The summed E-state index contributed by atoms with van der Waals surface area (Å²) in [7, 11) is 0. The maximum Gasteiger partial charge on any atom is 0.410 e. The molecule has 1 fully saturated rings. The molecule has 0 unspecified atom stereocenters. The van der Waals surface area contributed by atoms with Gasteiger partial charge >= 0.3 is 6.09 Å². The molecule has 0 saturated carbocycles. The van der Waals surface area contributed by atoms with Crippen LogP contribution in [0.4, 0.5) is 4.79 Å². The molecule has 23 heavy (non-hydrogen) atoms. The Morgan fingerprint density at radius 3 is 2.39 bits per heavy atom. The van der Waals surface area contributed by atoms with Crippen LogP contribution in [0, 0.1) is 0 Å². The van der Waals surface area contributed by atoms with Gasteiger partial charge in [-0.25, -0.2) is 4.79 Å². The summed E-state index contributed by atoms with van der Waals surface area (Å²) in [6, 6.07) is 0. The highest BCUT2D eigenvalue weighted by atomic mass is 16.6. The average molecular weight is 328 g/mol. The van der Waals surface area contributed by atoms with Crippen LogP contribution < -0.4 is 5.32 Å². The lowest BCUT2D eigenvalue weighted by Gasteiger charge is -2.33. The minimum Gasteiger partial charge on any atom is -0.444 e. The highest BCUT2D eigenvalue weighted by molar-refractivity contribution is 5.68. The fourth-order valence-corrected chi connectivity index (χ4v) is 2.60. The average Bonchev–Trinajstić information content (AvgIpc) is 2.49. The van der Waals surface area contributed by atoms with Gasteiger partial charge in [-0.3, -0.25) is 0 Å². The summed E-state index contributed by atoms with van der Waals surface area (Å²) >= 11 is 0. The molecule has 1 amide bonds. The fourth-order valence-electron chi connectivity index (χ4n) is 2.60. The maximum absolute atomic E-state index is 12.0. The van der Waals surface area contributed by atoms with Crippen LogP contribution in [0.15, 0.2) is 0 Å². The molecule has 1 heterocycles. The number of hydrogen-bond donors (Lipinski definition) is 1. The zero-order valence-corrected chi connectivity index (χ0v) is 15.5. The lowest BCUT2D eigenvalue weighted by Crippen LogP contribution is -2.43. The van der Waals surface area contributed by atoms with Crippen molar-refractivity contribution in [2.75, 3.05) is 32.8 Å². The van der Waals surface area contributed by atoms with E-state index in [1.165, 1.54) is 19.3 Å². The van der Waals surface area contributed by atoms with Crippen molar-refractivity contribution in [3.05, 3.63) is 0 Å². The van der Waals surface area contributed by atoms with Crippen molar-refractivity contribution in [3.8, 4) is 0 Å². The molecule has 0 bridgehead atoms. The zero-order chi connectivity index (χ0) is 17.1. The van der Waals surface area contributed by atoms with E-state index >= 15 is 0 Å². The van der Waals surface area contributed by atoms with Gasteiger partial charge in [-0.15, -0.1) is 0 Å². The number of likely N-dealkylation sites (tertiary alicyclic amines) is 1. The van der Waals surface area contributed by atoms with Crippen LogP contribution in [0.1, 0.15) is 66.2 Å². The van der Waals surface area contributed by atoms with Crippen LogP contribution in [-0.2, 0) is 9.47 Å². The first-order chi connectivity index (χ1) is 10.9. The minimum absolute atomic E-state index is 0.202. The van der Waals surface area contributed by atoms with E-state index in [0.717, 1.165) is 52.0 Å². The smallest absolute Gasteiger partial charge is 0.410 e. The minimum atomic E-state index is -0.422. The number of carbonyl (C=O) groups excluding carboxylic acids is 1. The van der Waals surface area contributed by atoms with Crippen molar-refractivity contribution in [1.82, 2.24) is 10.2 Å².